The molecule has 0 fully saturated rings. The van der Waals surface area contributed by atoms with Crippen molar-refractivity contribution >= 4 is 22.1 Å². The molecule has 0 bridgehead atoms. The quantitative estimate of drug-likeness (QED) is 0.267. The Morgan fingerprint density at radius 3 is 2.47 bits per heavy atom. The highest BCUT2D eigenvalue weighted by atomic mass is 19.1. The van der Waals surface area contributed by atoms with Gasteiger partial charge in [0.05, 0.1) is 10.9 Å². The molecule has 148 valence electrons. The third kappa shape index (κ3) is 2.77. The second kappa shape index (κ2) is 6.73. The summed E-state index contributed by atoms with van der Waals surface area (Å²) in [5.74, 6) is -1.57. The highest BCUT2D eigenvalue weighted by Gasteiger charge is 2.24. The lowest BCUT2D eigenvalue weighted by Gasteiger charge is -2.10. The average molecular weight is 401 g/mol. The van der Waals surface area contributed by atoms with Crippen LogP contribution in [0.15, 0.2) is 65.2 Å². The van der Waals surface area contributed by atoms with E-state index in [4.69, 9.17) is 4.42 Å². The summed E-state index contributed by atoms with van der Waals surface area (Å²) in [7, 11) is 1.97. The van der Waals surface area contributed by atoms with E-state index in [9.17, 15) is 8.78 Å². The SMILES string of the molecule is Cc1cc(-c2c(C)ccc3c2oc2nc(F)cc(F)c23)[n+](C)cc1-c1ccccc1. The molecule has 3 aromatic heterocycles. The number of furan rings is 1. The highest BCUT2D eigenvalue weighted by Crippen LogP contribution is 2.38. The lowest BCUT2D eigenvalue weighted by atomic mass is 9.97. The normalized spacial score (nSPS) is 11.5. The van der Waals surface area contributed by atoms with Crippen molar-refractivity contribution in [3.05, 3.63) is 83.7 Å². The summed E-state index contributed by atoms with van der Waals surface area (Å²) in [6.45, 7) is 4.04. The van der Waals surface area contributed by atoms with Crippen LogP contribution in [0.5, 0.6) is 0 Å². The van der Waals surface area contributed by atoms with Crippen LogP contribution >= 0.6 is 0 Å². The Labute approximate surface area is 172 Å². The third-order valence-electron chi connectivity index (χ3n) is 5.56. The van der Waals surface area contributed by atoms with Gasteiger partial charge in [-0.05, 0) is 30.5 Å². The second-order valence-electron chi connectivity index (χ2n) is 7.58. The number of aryl methyl sites for hydroxylation is 3. The summed E-state index contributed by atoms with van der Waals surface area (Å²) in [5.41, 5.74) is 6.59. The smallest absolute Gasteiger partial charge is 0.232 e. The minimum atomic E-state index is -0.897. The first-order valence-electron chi connectivity index (χ1n) is 9.68. The van der Waals surface area contributed by atoms with Crippen LogP contribution in [0.4, 0.5) is 8.78 Å². The van der Waals surface area contributed by atoms with Crippen LogP contribution in [0, 0.1) is 25.6 Å². The summed E-state index contributed by atoms with van der Waals surface area (Å²) in [6.07, 6.45) is 2.08. The van der Waals surface area contributed by atoms with Gasteiger partial charge < -0.3 is 4.42 Å². The van der Waals surface area contributed by atoms with Gasteiger partial charge in [-0.2, -0.15) is 9.37 Å². The van der Waals surface area contributed by atoms with Crippen LogP contribution in [-0.4, -0.2) is 4.98 Å². The molecule has 0 aliphatic rings. The first kappa shape index (κ1) is 18.4. The first-order chi connectivity index (χ1) is 14.4. The predicted molar refractivity (Wildman–Crippen MR) is 113 cm³/mol. The van der Waals surface area contributed by atoms with Gasteiger partial charge in [-0.25, -0.2) is 8.96 Å². The molecule has 30 heavy (non-hydrogen) atoms. The van der Waals surface area contributed by atoms with E-state index >= 15 is 0 Å². The number of hydrogen-bond acceptors (Lipinski definition) is 2. The molecule has 5 rings (SSSR count). The van der Waals surface area contributed by atoms with Crippen molar-refractivity contribution in [1.82, 2.24) is 4.98 Å². The molecule has 3 nitrogen and oxygen atoms in total. The van der Waals surface area contributed by atoms with E-state index in [0.717, 1.165) is 39.6 Å². The van der Waals surface area contributed by atoms with Crippen molar-refractivity contribution in [2.24, 2.45) is 7.05 Å². The Hall–Kier alpha value is -3.60. The topological polar surface area (TPSA) is 29.9 Å². The molecule has 0 saturated heterocycles. The minimum Gasteiger partial charge on any atom is -0.437 e. The molecule has 0 N–H and O–H groups in total. The number of aromatic nitrogens is 2. The van der Waals surface area contributed by atoms with Gasteiger partial charge >= 0.3 is 0 Å². The number of fused-ring (bicyclic) bond motifs is 3. The van der Waals surface area contributed by atoms with E-state index in [1.807, 2.05) is 42.8 Å². The average Bonchev–Trinajstić information content (AvgIpc) is 3.08. The Morgan fingerprint density at radius 2 is 1.70 bits per heavy atom. The molecular formula is C25H19F2N2O+. The molecule has 0 spiro atoms. The van der Waals surface area contributed by atoms with Crippen molar-refractivity contribution in [2.75, 3.05) is 0 Å². The van der Waals surface area contributed by atoms with Crippen molar-refractivity contribution in [1.29, 1.82) is 0 Å². The largest absolute Gasteiger partial charge is 0.437 e. The molecule has 5 aromatic rings. The number of pyridine rings is 2. The Balaban J connectivity index is 1.80. The number of benzene rings is 2. The van der Waals surface area contributed by atoms with Crippen LogP contribution < -0.4 is 4.57 Å². The molecule has 0 aliphatic carbocycles. The molecular weight excluding hydrogens is 382 g/mol. The highest BCUT2D eigenvalue weighted by molar-refractivity contribution is 6.09. The summed E-state index contributed by atoms with van der Waals surface area (Å²) < 4.78 is 36.0. The van der Waals surface area contributed by atoms with Gasteiger partial charge in [0.15, 0.2) is 11.8 Å². The summed E-state index contributed by atoms with van der Waals surface area (Å²) in [5, 5.41) is 0.785. The van der Waals surface area contributed by atoms with Crippen LogP contribution in [0.1, 0.15) is 11.1 Å². The molecule has 0 unspecified atom stereocenters. The lowest BCUT2D eigenvalue weighted by molar-refractivity contribution is -0.659. The van der Waals surface area contributed by atoms with E-state index < -0.39 is 11.8 Å². The number of halogens is 2. The number of hydrogen-bond donors (Lipinski definition) is 0. The molecule has 0 amide bonds. The number of nitrogens with zero attached hydrogens (tertiary/aromatic N) is 2. The maximum Gasteiger partial charge on any atom is 0.232 e. The van der Waals surface area contributed by atoms with E-state index in [2.05, 4.69) is 36.3 Å². The van der Waals surface area contributed by atoms with Gasteiger partial charge in [-0.15, -0.1) is 0 Å². The van der Waals surface area contributed by atoms with Gasteiger partial charge in [0.25, 0.3) is 0 Å². The van der Waals surface area contributed by atoms with Crippen molar-refractivity contribution in [3.63, 3.8) is 0 Å². The van der Waals surface area contributed by atoms with E-state index in [1.165, 1.54) is 0 Å². The van der Waals surface area contributed by atoms with Gasteiger partial charge in [0.2, 0.25) is 17.4 Å². The summed E-state index contributed by atoms with van der Waals surface area (Å²) in [6, 6.07) is 16.8. The van der Waals surface area contributed by atoms with E-state index in [0.29, 0.717) is 11.0 Å². The van der Waals surface area contributed by atoms with Crippen LogP contribution in [0.25, 0.3) is 44.5 Å². The molecule has 0 radical (unpaired) electrons. The molecule has 0 atom stereocenters. The monoisotopic (exact) mass is 401 g/mol. The van der Waals surface area contributed by atoms with Gasteiger partial charge in [-0.3, -0.25) is 0 Å². The summed E-state index contributed by atoms with van der Waals surface area (Å²) in [4.78, 5) is 3.75. The van der Waals surface area contributed by atoms with Crippen LogP contribution in [0.3, 0.4) is 0 Å². The second-order valence-corrected chi connectivity index (χ2v) is 7.58. The van der Waals surface area contributed by atoms with Crippen LogP contribution in [0.2, 0.25) is 0 Å². The van der Waals surface area contributed by atoms with Crippen molar-refractivity contribution < 1.29 is 17.8 Å². The molecule has 5 heteroatoms. The van der Waals surface area contributed by atoms with Crippen LogP contribution in [-0.2, 0) is 7.05 Å². The zero-order valence-corrected chi connectivity index (χ0v) is 16.8. The zero-order valence-electron chi connectivity index (χ0n) is 16.8. The minimum absolute atomic E-state index is 0.0327. The van der Waals surface area contributed by atoms with Gasteiger partial charge in [-0.1, -0.05) is 42.5 Å². The number of rotatable bonds is 2. The maximum absolute atomic E-state index is 14.5. The molecule has 2 aromatic carbocycles. The molecule has 3 heterocycles. The van der Waals surface area contributed by atoms with E-state index in [-0.39, 0.29) is 11.1 Å². The van der Waals surface area contributed by atoms with Crippen molar-refractivity contribution in [2.45, 2.75) is 13.8 Å². The van der Waals surface area contributed by atoms with E-state index in [1.54, 1.807) is 6.07 Å². The fourth-order valence-corrected chi connectivity index (χ4v) is 4.10. The zero-order chi connectivity index (χ0) is 21.0. The molecule has 0 saturated carbocycles. The Morgan fingerprint density at radius 1 is 0.933 bits per heavy atom. The predicted octanol–water partition coefficient (Wildman–Crippen LogP) is 6.03. The lowest BCUT2D eigenvalue weighted by Crippen LogP contribution is -2.31. The Kier molecular flexibility index (Phi) is 4.13. The third-order valence-corrected chi connectivity index (χ3v) is 5.56. The molecule has 0 aliphatic heterocycles. The van der Waals surface area contributed by atoms with Gasteiger partial charge in [0, 0.05) is 23.1 Å². The summed E-state index contributed by atoms with van der Waals surface area (Å²) >= 11 is 0. The van der Waals surface area contributed by atoms with Gasteiger partial charge in [0.1, 0.15) is 12.9 Å². The Bertz CT molecular complexity index is 1440. The standard InChI is InChI=1S/C25H19F2N2O/c1-14-9-10-17-23-19(26)12-21(27)28-25(23)30-24(17)22(14)20-11-15(2)18(13-29(20)3)16-7-5-4-6-8-16/h4-13H,1-3H3/q+1. The first-order valence-corrected chi connectivity index (χ1v) is 9.68. The fraction of sp³-hybridized carbons (Fsp3) is 0.120. The van der Waals surface area contributed by atoms with Crippen molar-refractivity contribution in [3.8, 4) is 22.4 Å². The maximum atomic E-state index is 14.5. The fourth-order valence-electron chi connectivity index (χ4n) is 4.10.